The molecule has 0 radical (unpaired) electrons. The molecule has 1 amide bonds. The second-order valence-corrected chi connectivity index (χ2v) is 6.35. The smallest absolute Gasteiger partial charge is 0.253 e. The van der Waals surface area contributed by atoms with Crippen LogP contribution < -0.4 is 5.73 Å². The van der Waals surface area contributed by atoms with Crippen molar-refractivity contribution < 1.29 is 4.79 Å². The Bertz CT molecular complexity index is 443. The van der Waals surface area contributed by atoms with Crippen LogP contribution in [0.5, 0.6) is 0 Å². The molecule has 0 aliphatic heterocycles. The average molecular weight is 313 g/mol. The van der Waals surface area contributed by atoms with Gasteiger partial charge >= 0.3 is 0 Å². The van der Waals surface area contributed by atoms with Gasteiger partial charge in [0.15, 0.2) is 0 Å². The van der Waals surface area contributed by atoms with Gasteiger partial charge in [0.25, 0.3) is 5.91 Å². The molecule has 0 aliphatic rings. The van der Waals surface area contributed by atoms with Crippen LogP contribution in [0.4, 0.5) is 0 Å². The molecule has 0 spiro atoms. The number of amides is 1. The third kappa shape index (κ3) is 3.82. The zero-order chi connectivity index (χ0) is 13.9. The van der Waals surface area contributed by atoms with Crippen molar-refractivity contribution in [3.8, 4) is 0 Å². The highest BCUT2D eigenvalue weighted by Gasteiger charge is 2.22. The first-order valence-electron chi connectivity index (χ1n) is 5.98. The van der Waals surface area contributed by atoms with Gasteiger partial charge in [-0.05, 0) is 36.6 Å². The van der Waals surface area contributed by atoms with Crippen molar-refractivity contribution in [2.45, 2.75) is 20.8 Å². The molecule has 0 fully saturated rings. The molecular formula is C14H21BrN2O. The van der Waals surface area contributed by atoms with Gasteiger partial charge in [-0.15, -0.1) is 0 Å². The number of nitrogens with zero attached hydrogens (tertiary/aromatic N) is 1. The third-order valence-electron chi connectivity index (χ3n) is 2.98. The zero-order valence-electron chi connectivity index (χ0n) is 11.5. The topological polar surface area (TPSA) is 46.3 Å². The van der Waals surface area contributed by atoms with Crippen molar-refractivity contribution in [1.82, 2.24) is 4.90 Å². The van der Waals surface area contributed by atoms with E-state index in [0.717, 1.165) is 10.0 Å². The fraction of sp³-hybridized carbons (Fsp3) is 0.500. The Morgan fingerprint density at radius 2 is 2.06 bits per heavy atom. The number of hydrogen-bond acceptors (Lipinski definition) is 2. The van der Waals surface area contributed by atoms with E-state index in [1.807, 2.05) is 32.2 Å². The second-order valence-electron chi connectivity index (χ2n) is 5.49. The van der Waals surface area contributed by atoms with Gasteiger partial charge in [0.1, 0.15) is 0 Å². The van der Waals surface area contributed by atoms with Crippen molar-refractivity contribution >= 4 is 21.8 Å². The fourth-order valence-corrected chi connectivity index (χ4v) is 2.10. The standard InChI is InChI=1S/C14H21BrN2O/c1-10-5-6-11(7-12(10)15)13(18)17(4)9-14(2,3)8-16/h5-7H,8-9,16H2,1-4H3. The Morgan fingerprint density at radius 1 is 1.44 bits per heavy atom. The van der Waals surface area contributed by atoms with Crippen LogP contribution in [-0.2, 0) is 0 Å². The van der Waals surface area contributed by atoms with Crippen LogP contribution in [0.1, 0.15) is 29.8 Å². The van der Waals surface area contributed by atoms with Crippen LogP contribution in [-0.4, -0.2) is 30.9 Å². The van der Waals surface area contributed by atoms with Crippen LogP contribution in [0.3, 0.4) is 0 Å². The first-order valence-corrected chi connectivity index (χ1v) is 6.78. The summed E-state index contributed by atoms with van der Waals surface area (Å²) in [5.41, 5.74) is 7.45. The first-order chi connectivity index (χ1) is 8.26. The minimum Gasteiger partial charge on any atom is -0.341 e. The van der Waals surface area contributed by atoms with Crippen molar-refractivity contribution in [1.29, 1.82) is 0 Å². The number of carbonyl (C=O) groups is 1. The third-order valence-corrected chi connectivity index (χ3v) is 3.84. The molecule has 0 unspecified atom stereocenters. The predicted molar refractivity (Wildman–Crippen MR) is 78.7 cm³/mol. The highest BCUT2D eigenvalue weighted by atomic mass is 79.9. The molecule has 100 valence electrons. The minimum atomic E-state index is -0.0632. The summed E-state index contributed by atoms with van der Waals surface area (Å²) in [6.07, 6.45) is 0. The Balaban J connectivity index is 2.83. The number of benzene rings is 1. The highest BCUT2D eigenvalue weighted by molar-refractivity contribution is 9.10. The van der Waals surface area contributed by atoms with Gasteiger partial charge in [-0.2, -0.15) is 0 Å². The van der Waals surface area contributed by atoms with Gasteiger partial charge < -0.3 is 10.6 Å². The zero-order valence-corrected chi connectivity index (χ0v) is 13.0. The number of halogens is 1. The van der Waals surface area contributed by atoms with E-state index in [9.17, 15) is 4.79 Å². The molecule has 0 bridgehead atoms. The van der Waals surface area contributed by atoms with Crippen molar-refractivity contribution in [3.05, 3.63) is 33.8 Å². The molecule has 0 heterocycles. The summed E-state index contributed by atoms with van der Waals surface area (Å²) < 4.78 is 0.958. The van der Waals surface area contributed by atoms with Gasteiger partial charge in [-0.1, -0.05) is 35.8 Å². The molecule has 3 nitrogen and oxygen atoms in total. The van der Waals surface area contributed by atoms with Crippen molar-refractivity contribution in [3.63, 3.8) is 0 Å². The Hall–Kier alpha value is -0.870. The SMILES string of the molecule is Cc1ccc(C(=O)N(C)CC(C)(C)CN)cc1Br. The molecule has 1 aromatic rings. The molecular weight excluding hydrogens is 292 g/mol. The maximum atomic E-state index is 12.3. The van der Waals surface area contributed by atoms with Gasteiger partial charge in [-0.3, -0.25) is 4.79 Å². The second kappa shape index (κ2) is 5.85. The van der Waals surface area contributed by atoms with E-state index in [1.54, 1.807) is 4.90 Å². The molecule has 18 heavy (non-hydrogen) atoms. The van der Waals surface area contributed by atoms with Gasteiger partial charge in [0, 0.05) is 23.6 Å². The first kappa shape index (κ1) is 15.2. The van der Waals surface area contributed by atoms with E-state index in [1.165, 1.54) is 0 Å². The highest BCUT2D eigenvalue weighted by Crippen LogP contribution is 2.20. The van der Waals surface area contributed by atoms with Crippen LogP contribution in [0.2, 0.25) is 0 Å². The molecule has 4 heteroatoms. The van der Waals surface area contributed by atoms with E-state index in [0.29, 0.717) is 18.7 Å². The lowest BCUT2D eigenvalue weighted by Gasteiger charge is -2.29. The summed E-state index contributed by atoms with van der Waals surface area (Å²) in [5, 5.41) is 0. The predicted octanol–water partition coefficient (Wildman–Crippen LogP) is 2.81. The van der Waals surface area contributed by atoms with Crippen LogP contribution in [0, 0.1) is 12.3 Å². The van der Waals surface area contributed by atoms with Crippen LogP contribution in [0.25, 0.3) is 0 Å². The number of aryl methyl sites for hydroxylation is 1. The number of carbonyl (C=O) groups excluding carboxylic acids is 1. The van der Waals surface area contributed by atoms with Gasteiger partial charge in [0.2, 0.25) is 0 Å². The lowest BCUT2D eigenvalue weighted by Crippen LogP contribution is -2.39. The Kier molecular flexibility index (Phi) is 4.93. The van der Waals surface area contributed by atoms with Crippen LogP contribution in [0.15, 0.2) is 22.7 Å². The minimum absolute atomic E-state index is 0.0252. The molecule has 0 atom stereocenters. The number of nitrogens with two attached hydrogens (primary N) is 1. The maximum Gasteiger partial charge on any atom is 0.253 e. The summed E-state index contributed by atoms with van der Waals surface area (Å²) in [7, 11) is 1.81. The monoisotopic (exact) mass is 312 g/mol. The lowest BCUT2D eigenvalue weighted by atomic mass is 9.93. The van der Waals surface area contributed by atoms with E-state index in [2.05, 4.69) is 29.8 Å². The van der Waals surface area contributed by atoms with E-state index >= 15 is 0 Å². The van der Waals surface area contributed by atoms with E-state index in [4.69, 9.17) is 5.73 Å². The molecule has 0 saturated heterocycles. The van der Waals surface area contributed by atoms with Gasteiger partial charge in [-0.25, -0.2) is 0 Å². The van der Waals surface area contributed by atoms with E-state index < -0.39 is 0 Å². The molecule has 2 N–H and O–H groups in total. The Morgan fingerprint density at radius 3 is 2.56 bits per heavy atom. The fourth-order valence-electron chi connectivity index (χ4n) is 1.72. The quantitative estimate of drug-likeness (QED) is 0.929. The maximum absolute atomic E-state index is 12.3. The number of hydrogen-bond donors (Lipinski definition) is 1. The van der Waals surface area contributed by atoms with Crippen molar-refractivity contribution in [2.75, 3.05) is 20.1 Å². The molecule has 1 aromatic carbocycles. The van der Waals surface area contributed by atoms with Crippen molar-refractivity contribution in [2.24, 2.45) is 11.1 Å². The lowest BCUT2D eigenvalue weighted by molar-refractivity contribution is 0.0740. The molecule has 0 aliphatic carbocycles. The van der Waals surface area contributed by atoms with Crippen LogP contribution >= 0.6 is 15.9 Å². The summed E-state index contributed by atoms with van der Waals surface area (Å²) in [6.45, 7) is 7.32. The summed E-state index contributed by atoms with van der Waals surface area (Å²) in [6, 6.07) is 5.66. The normalized spacial score (nSPS) is 11.4. The molecule has 0 aromatic heterocycles. The van der Waals surface area contributed by atoms with Gasteiger partial charge in [0.05, 0.1) is 0 Å². The summed E-state index contributed by atoms with van der Waals surface area (Å²) >= 11 is 3.45. The average Bonchev–Trinajstić information content (AvgIpc) is 2.31. The Labute approximate surface area is 117 Å². The molecule has 1 rings (SSSR count). The van der Waals surface area contributed by atoms with E-state index in [-0.39, 0.29) is 11.3 Å². The summed E-state index contributed by atoms with van der Waals surface area (Å²) in [4.78, 5) is 14.0. The number of rotatable bonds is 4. The summed E-state index contributed by atoms with van der Waals surface area (Å²) in [5.74, 6) is 0.0252. The molecule has 0 saturated carbocycles. The largest absolute Gasteiger partial charge is 0.341 e.